The monoisotopic (exact) mass is 426 g/mol. The molecule has 1 aliphatic heterocycles. The molecule has 0 N–H and O–H groups in total. The van der Waals surface area contributed by atoms with Gasteiger partial charge in [0.15, 0.2) is 18.3 Å². The molecule has 1 aromatic carbocycles. The van der Waals surface area contributed by atoms with Gasteiger partial charge in [0.1, 0.15) is 24.6 Å². The summed E-state index contributed by atoms with van der Waals surface area (Å²) in [5.74, 6) is -3.24. The number of carbonyl (C=O) groups is 4. The smallest absolute Gasteiger partial charge is 0.303 e. The first kappa shape index (κ1) is 23.3. The Kier molecular flexibility index (Phi) is 7.87. The van der Waals surface area contributed by atoms with Crippen molar-refractivity contribution in [3.05, 3.63) is 35.6 Å². The number of hydrogen-bond donors (Lipinski definition) is 0. The Bertz CT molecular complexity index is 792. The van der Waals surface area contributed by atoms with Crippen LogP contribution in [0.3, 0.4) is 0 Å². The Morgan fingerprint density at radius 2 is 1.30 bits per heavy atom. The third-order valence-electron chi connectivity index (χ3n) is 4.19. The number of benzene rings is 1. The zero-order chi connectivity index (χ0) is 22.4. The molecule has 0 bridgehead atoms. The molecule has 0 spiro atoms. The van der Waals surface area contributed by atoms with Crippen molar-refractivity contribution in [3.8, 4) is 0 Å². The SMILES string of the molecule is CC(=O)OC[C@H]1O[C@H](c2ccc(F)cc2)[C@H](OC(C)=O)[C@@H](OC(C)=O)[C@H]1OC(C)=O. The highest BCUT2D eigenvalue weighted by Crippen LogP contribution is 2.37. The second-order valence-corrected chi connectivity index (χ2v) is 6.67. The van der Waals surface area contributed by atoms with Crippen LogP contribution in [0.15, 0.2) is 24.3 Å². The summed E-state index contributed by atoms with van der Waals surface area (Å²) in [7, 11) is 0. The lowest BCUT2D eigenvalue weighted by atomic mass is 9.90. The van der Waals surface area contributed by atoms with Gasteiger partial charge in [0, 0.05) is 27.7 Å². The molecule has 10 heteroatoms. The normalized spacial score (nSPS) is 25.7. The van der Waals surface area contributed by atoms with Crippen LogP contribution in [0.1, 0.15) is 39.4 Å². The summed E-state index contributed by atoms with van der Waals surface area (Å²) in [4.78, 5) is 46.5. The van der Waals surface area contributed by atoms with E-state index in [2.05, 4.69) is 0 Å². The van der Waals surface area contributed by atoms with Gasteiger partial charge in [0.2, 0.25) is 0 Å². The molecule has 5 atom stereocenters. The fourth-order valence-electron chi connectivity index (χ4n) is 3.15. The third kappa shape index (κ3) is 6.24. The first-order valence-corrected chi connectivity index (χ1v) is 9.14. The first-order valence-electron chi connectivity index (χ1n) is 9.14. The maximum atomic E-state index is 13.4. The average Bonchev–Trinajstić information content (AvgIpc) is 2.63. The molecule has 30 heavy (non-hydrogen) atoms. The van der Waals surface area contributed by atoms with Crippen LogP contribution in [-0.4, -0.2) is 54.9 Å². The minimum atomic E-state index is -1.26. The zero-order valence-electron chi connectivity index (χ0n) is 17.0. The summed E-state index contributed by atoms with van der Waals surface area (Å²) >= 11 is 0. The summed E-state index contributed by atoms with van der Waals surface area (Å²) in [5, 5.41) is 0. The van der Waals surface area contributed by atoms with Gasteiger partial charge in [-0.1, -0.05) is 12.1 Å². The fraction of sp³-hybridized carbons (Fsp3) is 0.500. The summed E-state index contributed by atoms with van der Waals surface area (Å²) in [6.45, 7) is 4.29. The Balaban J connectivity index is 2.51. The highest BCUT2D eigenvalue weighted by molar-refractivity contribution is 5.68. The van der Waals surface area contributed by atoms with Crippen LogP contribution in [0.25, 0.3) is 0 Å². The predicted molar refractivity (Wildman–Crippen MR) is 97.3 cm³/mol. The molecule has 1 fully saturated rings. The molecule has 0 aliphatic carbocycles. The lowest BCUT2D eigenvalue weighted by Gasteiger charge is -2.44. The summed E-state index contributed by atoms with van der Waals surface area (Å²) in [5.41, 5.74) is 0.411. The fourth-order valence-corrected chi connectivity index (χ4v) is 3.15. The van der Waals surface area contributed by atoms with Crippen molar-refractivity contribution < 1.29 is 47.3 Å². The molecule has 0 radical (unpaired) electrons. The maximum Gasteiger partial charge on any atom is 0.303 e. The van der Waals surface area contributed by atoms with Crippen molar-refractivity contribution >= 4 is 23.9 Å². The van der Waals surface area contributed by atoms with Crippen molar-refractivity contribution in [2.45, 2.75) is 58.2 Å². The molecule has 1 aromatic rings. The zero-order valence-corrected chi connectivity index (χ0v) is 17.0. The Hall–Kier alpha value is -3.01. The van der Waals surface area contributed by atoms with E-state index in [-0.39, 0.29) is 6.61 Å². The topological polar surface area (TPSA) is 114 Å². The van der Waals surface area contributed by atoms with E-state index in [0.29, 0.717) is 5.56 Å². The first-order chi connectivity index (χ1) is 14.1. The molecule has 0 unspecified atom stereocenters. The number of halogens is 1. The number of carbonyl (C=O) groups excluding carboxylic acids is 4. The van der Waals surface area contributed by atoms with Gasteiger partial charge in [-0.15, -0.1) is 0 Å². The average molecular weight is 426 g/mol. The summed E-state index contributed by atoms with van der Waals surface area (Å²) < 4.78 is 40.3. The third-order valence-corrected chi connectivity index (χ3v) is 4.19. The molecule has 9 nitrogen and oxygen atoms in total. The number of esters is 4. The second kappa shape index (κ2) is 10.1. The number of ether oxygens (including phenoxy) is 5. The maximum absolute atomic E-state index is 13.4. The number of rotatable bonds is 6. The molecule has 0 amide bonds. The molecule has 1 saturated heterocycles. The van der Waals surface area contributed by atoms with Crippen LogP contribution in [0.2, 0.25) is 0 Å². The molecular formula is C20H23FO9. The van der Waals surface area contributed by atoms with Gasteiger partial charge >= 0.3 is 23.9 Å². The minimum Gasteiger partial charge on any atom is -0.463 e. The van der Waals surface area contributed by atoms with E-state index in [1.807, 2.05) is 0 Å². The summed E-state index contributed by atoms with van der Waals surface area (Å²) in [6, 6.07) is 5.19. The quantitative estimate of drug-likeness (QED) is 0.494. The van der Waals surface area contributed by atoms with Gasteiger partial charge in [0.05, 0.1) is 0 Å². The second-order valence-electron chi connectivity index (χ2n) is 6.67. The van der Waals surface area contributed by atoms with Gasteiger partial charge in [-0.2, -0.15) is 0 Å². The van der Waals surface area contributed by atoms with E-state index in [1.165, 1.54) is 31.2 Å². The number of hydrogen-bond acceptors (Lipinski definition) is 9. The molecule has 164 valence electrons. The van der Waals surface area contributed by atoms with Crippen LogP contribution >= 0.6 is 0 Å². The standard InChI is InChI=1S/C20H23FO9/c1-10(22)26-9-16-18(27-11(2)23)20(29-13(4)25)19(28-12(3)24)17(30-16)14-5-7-15(21)8-6-14/h5-8,16-20H,9H2,1-4H3/t16-,17-,18+,19+,20+/m1/s1. The largest absolute Gasteiger partial charge is 0.463 e. The molecule has 1 aliphatic rings. The Morgan fingerprint density at radius 1 is 0.800 bits per heavy atom. The van der Waals surface area contributed by atoms with Gasteiger partial charge in [-0.3, -0.25) is 19.2 Å². The van der Waals surface area contributed by atoms with E-state index in [1.54, 1.807) is 0 Å². The Morgan fingerprint density at radius 3 is 1.80 bits per heavy atom. The molecular weight excluding hydrogens is 403 g/mol. The molecule has 0 saturated carbocycles. The summed E-state index contributed by atoms with van der Waals surface area (Å²) in [6.07, 6.45) is -5.78. The van der Waals surface area contributed by atoms with E-state index in [9.17, 15) is 23.6 Å². The van der Waals surface area contributed by atoms with Crippen LogP contribution < -0.4 is 0 Å². The van der Waals surface area contributed by atoms with Crippen LogP contribution in [-0.2, 0) is 42.9 Å². The van der Waals surface area contributed by atoms with Crippen molar-refractivity contribution in [3.63, 3.8) is 0 Å². The van der Waals surface area contributed by atoms with Crippen molar-refractivity contribution in [1.82, 2.24) is 0 Å². The van der Waals surface area contributed by atoms with E-state index in [4.69, 9.17) is 23.7 Å². The molecule has 1 heterocycles. The van der Waals surface area contributed by atoms with E-state index in [0.717, 1.165) is 20.8 Å². The van der Waals surface area contributed by atoms with Crippen molar-refractivity contribution in [2.75, 3.05) is 6.61 Å². The van der Waals surface area contributed by atoms with Gasteiger partial charge in [-0.05, 0) is 17.7 Å². The van der Waals surface area contributed by atoms with Crippen LogP contribution in [0, 0.1) is 5.82 Å². The van der Waals surface area contributed by atoms with Crippen molar-refractivity contribution in [1.29, 1.82) is 0 Å². The van der Waals surface area contributed by atoms with Gasteiger partial charge in [0.25, 0.3) is 0 Å². The van der Waals surface area contributed by atoms with E-state index < -0.39 is 60.2 Å². The molecule has 2 rings (SSSR count). The van der Waals surface area contributed by atoms with Crippen LogP contribution in [0.4, 0.5) is 4.39 Å². The highest BCUT2D eigenvalue weighted by atomic mass is 19.1. The predicted octanol–water partition coefficient (Wildman–Crippen LogP) is 1.62. The lowest BCUT2D eigenvalue weighted by Crippen LogP contribution is -2.59. The lowest BCUT2D eigenvalue weighted by molar-refractivity contribution is -0.254. The van der Waals surface area contributed by atoms with Crippen LogP contribution in [0.5, 0.6) is 0 Å². The van der Waals surface area contributed by atoms with Gasteiger partial charge < -0.3 is 23.7 Å². The van der Waals surface area contributed by atoms with E-state index >= 15 is 0 Å². The van der Waals surface area contributed by atoms with Gasteiger partial charge in [-0.25, -0.2) is 4.39 Å². The highest BCUT2D eigenvalue weighted by Gasteiger charge is 2.52. The minimum absolute atomic E-state index is 0.324. The molecule has 0 aromatic heterocycles. The Labute approximate surface area is 172 Å². The van der Waals surface area contributed by atoms with Crippen molar-refractivity contribution in [2.24, 2.45) is 0 Å².